The minimum absolute atomic E-state index is 0.0566. The molecule has 3 aromatic rings. The fourth-order valence-corrected chi connectivity index (χ4v) is 2.79. The van der Waals surface area contributed by atoms with Gasteiger partial charge in [0.25, 0.3) is 0 Å². The summed E-state index contributed by atoms with van der Waals surface area (Å²) in [4.78, 5) is 4.28. The molecule has 1 unspecified atom stereocenters. The molecule has 0 amide bonds. The van der Waals surface area contributed by atoms with Gasteiger partial charge in [-0.1, -0.05) is 11.6 Å². The molecule has 3 rings (SSSR count). The summed E-state index contributed by atoms with van der Waals surface area (Å²) in [5.74, 6) is 6.49. The molecule has 1 atom stereocenters. The molecule has 1 aromatic carbocycles. The lowest BCUT2D eigenvalue weighted by Gasteiger charge is -2.10. The zero-order valence-corrected chi connectivity index (χ0v) is 11.4. The van der Waals surface area contributed by atoms with Crippen molar-refractivity contribution in [1.82, 2.24) is 10.4 Å². The van der Waals surface area contributed by atoms with E-state index in [-0.39, 0.29) is 6.04 Å². The van der Waals surface area contributed by atoms with Crippen molar-refractivity contribution in [3.63, 3.8) is 0 Å². The number of nitrogens with zero attached hydrogens (tertiary/aromatic N) is 1. The van der Waals surface area contributed by atoms with Crippen molar-refractivity contribution in [2.45, 2.75) is 19.4 Å². The Kier molecular flexibility index (Phi) is 3.33. The second-order valence-electron chi connectivity index (χ2n) is 4.54. The highest BCUT2D eigenvalue weighted by Gasteiger charge is 2.16. The Bertz CT molecular complexity index is 675. The van der Waals surface area contributed by atoms with Gasteiger partial charge in [-0.05, 0) is 25.1 Å². The number of aromatic nitrogens is 1. The van der Waals surface area contributed by atoms with Crippen molar-refractivity contribution >= 4 is 22.3 Å². The number of nitrogens with one attached hydrogen (secondary N) is 1. The average Bonchev–Trinajstić information content (AvgIpc) is 3.03. The summed E-state index contributed by atoms with van der Waals surface area (Å²) < 4.78 is 5.86. The maximum atomic E-state index is 5.86. The van der Waals surface area contributed by atoms with Crippen LogP contribution in [0.15, 0.2) is 40.3 Å². The predicted octanol–water partition coefficient (Wildman–Crippen LogP) is 2.94. The van der Waals surface area contributed by atoms with E-state index in [4.69, 9.17) is 10.3 Å². The summed E-state index contributed by atoms with van der Waals surface area (Å²) in [6.07, 6.45) is 2.53. The normalized spacial score (nSPS) is 12.9. The van der Waals surface area contributed by atoms with Crippen molar-refractivity contribution < 1.29 is 4.42 Å². The third-order valence-electron chi connectivity index (χ3n) is 3.10. The zero-order valence-electron chi connectivity index (χ0n) is 10.6. The number of furan rings is 1. The number of hydrazine groups is 1. The molecule has 0 saturated heterocycles. The molecule has 0 aliphatic heterocycles. The highest BCUT2D eigenvalue weighted by Crippen LogP contribution is 2.26. The molecule has 4 nitrogen and oxygen atoms in total. The molecule has 2 aromatic heterocycles. The van der Waals surface area contributed by atoms with Crippen LogP contribution >= 0.6 is 11.3 Å². The molecule has 0 spiro atoms. The maximum absolute atomic E-state index is 5.86. The number of hydrogen-bond acceptors (Lipinski definition) is 5. The summed E-state index contributed by atoms with van der Waals surface area (Å²) in [5.41, 5.74) is 4.91. The molecule has 0 saturated carbocycles. The number of thiazole rings is 1. The number of benzene rings is 1. The zero-order chi connectivity index (χ0) is 13.2. The van der Waals surface area contributed by atoms with Crippen LogP contribution in [-0.2, 0) is 6.42 Å². The van der Waals surface area contributed by atoms with Gasteiger partial charge >= 0.3 is 0 Å². The van der Waals surface area contributed by atoms with Crippen LogP contribution in [0.2, 0.25) is 0 Å². The monoisotopic (exact) mass is 273 g/mol. The van der Waals surface area contributed by atoms with E-state index >= 15 is 0 Å². The fraction of sp³-hybridized carbons (Fsp3) is 0.214. The van der Waals surface area contributed by atoms with E-state index in [2.05, 4.69) is 23.4 Å². The lowest BCUT2D eigenvalue weighted by molar-refractivity contribution is 0.434. The van der Waals surface area contributed by atoms with Crippen molar-refractivity contribution in [1.29, 1.82) is 0 Å². The van der Waals surface area contributed by atoms with Crippen LogP contribution < -0.4 is 11.3 Å². The molecular weight excluding hydrogens is 258 g/mol. The largest absolute Gasteiger partial charge is 0.459 e. The first-order chi connectivity index (χ1) is 9.26. The van der Waals surface area contributed by atoms with Gasteiger partial charge in [-0.25, -0.2) is 10.4 Å². The molecule has 0 radical (unpaired) electrons. The molecular formula is C14H15N3OS. The Balaban J connectivity index is 1.92. The van der Waals surface area contributed by atoms with E-state index in [0.29, 0.717) is 0 Å². The second-order valence-corrected chi connectivity index (χ2v) is 5.52. The van der Waals surface area contributed by atoms with E-state index in [1.54, 1.807) is 17.5 Å². The van der Waals surface area contributed by atoms with Crippen molar-refractivity contribution in [3.05, 3.63) is 52.2 Å². The maximum Gasteiger partial charge on any atom is 0.134 e. The minimum Gasteiger partial charge on any atom is -0.459 e. The van der Waals surface area contributed by atoms with E-state index in [0.717, 1.165) is 28.2 Å². The minimum atomic E-state index is -0.0566. The molecule has 5 heteroatoms. The van der Waals surface area contributed by atoms with Crippen molar-refractivity contribution in [2.75, 3.05) is 0 Å². The molecule has 0 fully saturated rings. The number of nitrogens with two attached hydrogens (primary N) is 1. The molecule has 0 aliphatic rings. The van der Waals surface area contributed by atoms with E-state index in [1.165, 1.54) is 5.56 Å². The Morgan fingerprint density at radius 2 is 2.32 bits per heavy atom. The first-order valence-electron chi connectivity index (χ1n) is 6.11. The lowest BCUT2D eigenvalue weighted by Crippen LogP contribution is -2.29. The Labute approximate surface area is 115 Å². The number of hydrogen-bond donors (Lipinski definition) is 2. The van der Waals surface area contributed by atoms with Crippen LogP contribution in [0, 0.1) is 6.92 Å². The van der Waals surface area contributed by atoms with Gasteiger partial charge in [0.05, 0.1) is 11.0 Å². The van der Waals surface area contributed by atoms with Crippen LogP contribution in [0.25, 0.3) is 11.0 Å². The van der Waals surface area contributed by atoms with Gasteiger partial charge in [0.15, 0.2) is 0 Å². The van der Waals surface area contributed by atoms with Gasteiger partial charge in [-0.2, -0.15) is 0 Å². The van der Waals surface area contributed by atoms with Crippen LogP contribution in [0.1, 0.15) is 22.4 Å². The quantitative estimate of drug-likeness (QED) is 0.566. The molecule has 0 aliphatic carbocycles. The average molecular weight is 273 g/mol. The molecule has 2 heterocycles. The van der Waals surface area contributed by atoms with Gasteiger partial charge < -0.3 is 4.42 Å². The number of aryl methyl sites for hydroxylation is 1. The van der Waals surface area contributed by atoms with E-state index in [1.807, 2.05) is 23.6 Å². The van der Waals surface area contributed by atoms with Gasteiger partial charge in [-0.15, -0.1) is 11.3 Å². The highest BCUT2D eigenvalue weighted by atomic mass is 32.1. The van der Waals surface area contributed by atoms with Gasteiger partial charge in [0.1, 0.15) is 11.3 Å². The van der Waals surface area contributed by atoms with E-state index in [9.17, 15) is 0 Å². The number of fused-ring (bicyclic) bond motifs is 1. The smallest absolute Gasteiger partial charge is 0.134 e. The molecule has 3 N–H and O–H groups in total. The summed E-state index contributed by atoms with van der Waals surface area (Å²) in [5, 5.41) is 4.11. The lowest BCUT2D eigenvalue weighted by atomic mass is 10.1. The van der Waals surface area contributed by atoms with Gasteiger partial charge in [-0.3, -0.25) is 5.84 Å². The SMILES string of the molecule is Cc1ccc2oc(C(Cc3nccs3)NN)cc2c1. The van der Waals surface area contributed by atoms with Gasteiger partial charge in [0.2, 0.25) is 0 Å². The molecule has 98 valence electrons. The van der Waals surface area contributed by atoms with Crippen molar-refractivity contribution in [2.24, 2.45) is 5.84 Å². The Hall–Kier alpha value is -1.69. The molecule has 19 heavy (non-hydrogen) atoms. The van der Waals surface area contributed by atoms with Crippen LogP contribution in [0.5, 0.6) is 0 Å². The van der Waals surface area contributed by atoms with Crippen LogP contribution in [0.3, 0.4) is 0 Å². The first-order valence-corrected chi connectivity index (χ1v) is 6.99. The standard InChI is InChI=1S/C14H15N3OS/c1-9-2-3-12-10(6-9)7-13(18-12)11(17-15)8-14-16-4-5-19-14/h2-7,11,17H,8,15H2,1H3. The Morgan fingerprint density at radius 3 is 3.05 bits per heavy atom. The summed E-state index contributed by atoms with van der Waals surface area (Å²) in [6.45, 7) is 2.07. The fourth-order valence-electron chi connectivity index (χ4n) is 2.13. The van der Waals surface area contributed by atoms with E-state index < -0.39 is 0 Å². The third kappa shape index (κ3) is 2.53. The summed E-state index contributed by atoms with van der Waals surface area (Å²) >= 11 is 1.62. The van der Waals surface area contributed by atoms with Crippen LogP contribution in [-0.4, -0.2) is 4.98 Å². The number of rotatable bonds is 4. The second kappa shape index (κ2) is 5.13. The highest BCUT2D eigenvalue weighted by molar-refractivity contribution is 7.09. The van der Waals surface area contributed by atoms with Crippen LogP contribution in [0.4, 0.5) is 0 Å². The molecule has 0 bridgehead atoms. The first kappa shape index (κ1) is 12.3. The predicted molar refractivity (Wildman–Crippen MR) is 76.8 cm³/mol. The summed E-state index contributed by atoms with van der Waals surface area (Å²) in [7, 11) is 0. The van der Waals surface area contributed by atoms with Gasteiger partial charge in [0, 0.05) is 23.4 Å². The third-order valence-corrected chi connectivity index (χ3v) is 3.90. The van der Waals surface area contributed by atoms with Crippen molar-refractivity contribution in [3.8, 4) is 0 Å². The topological polar surface area (TPSA) is 64.1 Å². The summed E-state index contributed by atoms with van der Waals surface area (Å²) in [6, 6.07) is 8.13. The Morgan fingerprint density at radius 1 is 1.42 bits per heavy atom.